The van der Waals surface area contributed by atoms with Crippen LogP contribution in [0.2, 0.25) is 10.0 Å². The van der Waals surface area contributed by atoms with E-state index >= 15 is 0 Å². The number of hydrogen-bond acceptors (Lipinski definition) is 5. The van der Waals surface area contributed by atoms with E-state index in [4.69, 9.17) is 28.2 Å². The molecule has 7 nitrogen and oxygen atoms in total. The predicted molar refractivity (Wildman–Crippen MR) is 122 cm³/mol. The summed E-state index contributed by atoms with van der Waals surface area (Å²) in [5.41, 5.74) is 2.04. The standard InChI is InChI=1S/C22H20Cl2N6O/c1-13-12-28(9-10-29(13)21(31)16-5-3-4-6-18(16)24)22-25-19-11-15(23)7-8-17(19)20-27-26-14(2)30(20)22/h3-8,11,13H,9-10,12H2,1-2H3/t13-/m0/s1. The van der Waals surface area contributed by atoms with Crippen LogP contribution in [0.15, 0.2) is 42.5 Å². The Hall–Kier alpha value is -2.90. The minimum atomic E-state index is -0.0540. The molecule has 0 unspecified atom stereocenters. The van der Waals surface area contributed by atoms with Gasteiger partial charge in [0.2, 0.25) is 5.95 Å². The Bertz CT molecular complexity index is 1320. The summed E-state index contributed by atoms with van der Waals surface area (Å²) in [5, 5.41) is 10.6. The van der Waals surface area contributed by atoms with Gasteiger partial charge in [-0.2, -0.15) is 0 Å². The number of aryl methyl sites for hydroxylation is 1. The van der Waals surface area contributed by atoms with Crippen molar-refractivity contribution >= 4 is 51.6 Å². The molecule has 0 saturated carbocycles. The van der Waals surface area contributed by atoms with Crippen molar-refractivity contribution in [1.82, 2.24) is 24.5 Å². The SMILES string of the molecule is Cc1nnc2c3ccc(Cl)cc3nc(N3CCN(C(=O)c4ccccc4Cl)[C@@H](C)C3)n12. The van der Waals surface area contributed by atoms with Crippen molar-refractivity contribution in [3.8, 4) is 0 Å². The fraction of sp³-hybridized carbons (Fsp3) is 0.273. The van der Waals surface area contributed by atoms with Gasteiger partial charge in [0.1, 0.15) is 5.82 Å². The first kappa shape index (κ1) is 20.0. The highest BCUT2D eigenvalue weighted by Gasteiger charge is 2.31. The van der Waals surface area contributed by atoms with Gasteiger partial charge in [-0.05, 0) is 44.2 Å². The maximum atomic E-state index is 13.1. The average Bonchev–Trinajstić information content (AvgIpc) is 3.14. The first-order valence-corrected chi connectivity index (χ1v) is 10.8. The summed E-state index contributed by atoms with van der Waals surface area (Å²) in [5.74, 6) is 1.46. The minimum Gasteiger partial charge on any atom is -0.338 e. The largest absolute Gasteiger partial charge is 0.338 e. The molecule has 5 rings (SSSR count). The molecule has 31 heavy (non-hydrogen) atoms. The van der Waals surface area contributed by atoms with Crippen LogP contribution in [0.25, 0.3) is 16.6 Å². The van der Waals surface area contributed by atoms with E-state index in [9.17, 15) is 4.79 Å². The Morgan fingerprint density at radius 3 is 2.68 bits per heavy atom. The van der Waals surface area contributed by atoms with Gasteiger partial charge in [-0.25, -0.2) is 9.38 Å². The number of fused-ring (bicyclic) bond motifs is 3. The van der Waals surface area contributed by atoms with Crippen molar-refractivity contribution in [1.29, 1.82) is 0 Å². The highest BCUT2D eigenvalue weighted by Crippen LogP contribution is 2.28. The van der Waals surface area contributed by atoms with Crippen LogP contribution in [0.4, 0.5) is 5.95 Å². The molecule has 1 amide bonds. The van der Waals surface area contributed by atoms with E-state index in [1.807, 2.05) is 53.5 Å². The molecule has 1 saturated heterocycles. The summed E-state index contributed by atoms with van der Waals surface area (Å²) in [6, 6.07) is 12.7. The lowest BCUT2D eigenvalue weighted by atomic mass is 10.1. The van der Waals surface area contributed by atoms with E-state index in [2.05, 4.69) is 15.1 Å². The zero-order valence-corrected chi connectivity index (χ0v) is 18.6. The van der Waals surface area contributed by atoms with Crippen molar-refractivity contribution < 1.29 is 4.79 Å². The molecule has 0 N–H and O–H groups in total. The van der Waals surface area contributed by atoms with E-state index in [0.29, 0.717) is 35.2 Å². The molecule has 2 aromatic carbocycles. The molecule has 9 heteroatoms. The molecule has 1 aliphatic rings. The highest BCUT2D eigenvalue weighted by atomic mass is 35.5. The molecule has 0 spiro atoms. The molecule has 158 valence electrons. The van der Waals surface area contributed by atoms with Gasteiger partial charge in [-0.1, -0.05) is 35.3 Å². The number of nitrogens with zero attached hydrogens (tertiary/aromatic N) is 6. The summed E-state index contributed by atoms with van der Waals surface area (Å²) < 4.78 is 1.97. The molecule has 1 fully saturated rings. The molecule has 1 atom stereocenters. The number of halogens is 2. The fourth-order valence-electron chi connectivity index (χ4n) is 4.16. The Morgan fingerprint density at radius 1 is 1.10 bits per heavy atom. The van der Waals surface area contributed by atoms with Gasteiger partial charge < -0.3 is 9.80 Å². The van der Waals surface area contributed by atoms with Gasteiger partial charge in [-0.3, -0.25) is 4.79 Å². The Balaban J connectivity index is 1.50. The van der Waals surface area contributed by atoms with Crippen molar-refractivity contribution in [2.45, 2.75) is 19.9 Å². The zero-order valence-electron chi connectivity index (χ0n) is 17.1. The van der Waals surface area contributed by atoms with Crippen molar-refractivity contribution in [3.63, 3.8) is 0 Å². The lowest BCUT2D eigenvalue weighted by molar-refractivity contribution is 0.0673. The summed E-state index contributed by atoms with van der Waals surface area (Å²) in [6.45, 7) is 5.76. The number of aromatic nitrogens is 4. The van der Waals surface area contributed by atoms with Gasteiger partial charge in [-0.15, -0.1) is 10.2 Å². The summed E-state index contributed by atoms with van der Waals surface area (Å²) in [4.78, 5) is 22.0. The van der Waals surface area contributed by atoms with Crippen LogP contribution in [-0.4, -0.2) is 56.1 Å². The molecular formula is C22H20Cl2N6O. The van der Waals surface area contributed by atoms with Crippen molar-refractivity contribution in [2.75, 3.05) is 24.5 Å². The maximum absolute atomic E-state index is 13.1. The van der Waals surface area contributed by atoms with Gasteiger partial charge >= 0.3 is 0 Å². The fourth-order valence-corrected chi connectivity index (χ4v) is 4.55. The minimum absolute atomic E-state index is 0.0267. The molecule has 3 heterocycles. The number of carbonyl (C=O) groups excluding carboxylic acids is 1. The highest BCUT2D eigenvalue weighted by molar-refractivity contribution is 6.33. The van der Waals surface area contributed by atoms with Crippen LogP contribution >= 0.6 is 23.2 Å². The van der Waals surface area contributed by atoms with Crippen LogP contribution in [0.5, 0.6) is 0 Å². The smallest absolute Gasteiger partial charge is 0.255 e. The number of rotatable bonds is 2. The number of benzene rings is 2. The van der Waals surface area contributed by atoms with Gasteiger partial charge in [0, 0.05) is 36.1 Å². The van der Waals surface area contributed by atoms with Crippen LogP contribution in [0.1, 0.15) is 23.1 Å². The Kier molecular flexibility index (Phi) is 4.95. The van der Waals surface area contributed by atoms with E-state index in [1.54, 1.807) is 12.1 Å². The monoisotopic (exact) mass is 454 g/mol. The molecule has 1 aliphatic heterocycles. The third-order valence-electron chi connectivity index (χ3n) is 5.72. The summed E-state index contributed by atoms with van der Waals surface area (Å²) in [7, 11) is 0. The molecule has 4 aromatic rings. The molecular weight excluding hydrogens is 435 g/mol. The topological polar surface area (TPSA) is 66.6 Å². The quantitative estimate of drug-likeness (QED) is 0.452. The van der Waals surface area contributed by atoms with Crippen LogP contribution in [0, 0.1) is 6.92 Å². The van der Waals surface area contributed by atoms with Gasteiger partial charge in [0.05, 0.1) is 16.1 Å². The molecule has 0 aliphatic carbocycles. The van der Waals surface area contributed by atoms with Gasteiger partial charge in [0.15, 0.2) is 5.65 Å². The Labute approximate surface area is 189 Å². The molecule has 0 bridgehead atoms. The van der Waals surface area contributed by atoms with E-state index in [-0.39, 0.29) is 11.9 Å². The second-order valence-electron chi connectivity index (χ2n) is 7.75. The van der Waals surface area contributed by atoms with E-state index < -0.39 is 0 Å². The second kappa shape index (κ2) is 7.66. The molecule has 0 radical (unpaired) electrons. The maximum Gasteiger partial charge on any atom is 0.255 e. The van der Waals surface area contributed by atoms with Crippen molar-refractivity contribution in [2.24, 2.45) is 0 Å². The third kappa shape index (κ3) is 3.38. The first-order valence-electron chi connectivity index (χ1n) is 10.1. The number of anilines is 1. The van der Waals surface area contributed by atoms with Crippen LogP contribution in [0.3, 0.4) is 0 Å². The Morgan fingerprint density at radius 2 is 1.90 bits per heavy atom. The predicted octanol–water partition coefficient (Wildman–Crippen LogP) is 4.24. The van der Waals surface area contributed by atoms with Crippen molar-refractivity contribution in [3.05, 3.63) is 63.9 Å². The first-order chi connectivity index (χ1) is 14.9. The lowest BCUT2D eigenvalue weighted by Gasteiger charge is -2.40. The number of hydrogen-bond donors (Lipinski definition) is 0. The van der Waals surface area contributed by atoms with Crippen LogP contribution < -0.4 is 4.90 Å². The normalized spacial score (nSPS) is 17.0. The van der Waals surface area contributed by atoms with Gasteiger partial charge in [0.25, 0.3) is 5.91 Å². The third-order valence-corrected chi connectivity index (χ3v) is 6.29. The lowest BCUT2D eigenvalue weighted by Crippen LogP contribution is -2.54. The number of amides is 1. The van der Waals surface area contributed by atoms with E-state index in [0.717, 1.165) is 28.3 Å². The summed E-state index contributed by atoms with van der Waals surface area (Å²) >= 11 is 12.5. The average molecular weight is 455 g/mol. The number of piperazine rings is 1. The van der Waals surface area contributed by atoms with Crippen LogP contribution in [-0.2, 0) is 0 Å². The molecule has 2 aromatic heterocycles. The summed E-state index contributed by atoms with van der Waals surface area (Å²) in [6.07, 6.45) is 0. The second-order valence-corrected chi connectivity index (χ2v) is 8.60. The zero-order chi connectivity index (χ0) is 21.7. The van der Waals surface area contributed by atoms with E-state index in [1.165, 1.54) is 0 Å². The number of carbonyl (C=O) groups is 1.